The molecule has 0 radical (unpaired) electrons. The smallest absolute Gasteiger partial charge is 0.329 e. The van der Waals surface area contributed by atoms with Gasteiger partial charge in [-0.15, -0.1) is 6.58 Å². The summed E-state index contributed by atoms with van der Waals surface area (Å²) in [6.07, 6.45) is 2.36. The number of aliphatic carboxylic acids is 1. The Morgan fingerprint density at radius 2 is 2.06 bits per heavy atom. The van der Waals surface area contributed by atoms with Crippen LogP contribution in [0.25, 0.3) is 0 Å². The van der Waals surface area contributed by atoms with Gasteiger partial charge in [0, 0.05) is 12.6 Å². The zero-order valence-electron chi connectivity index (χ0n) is 11.0. The van der Waals surface area contributed by atoms with Crippen molar-refractivity contribution in [3.8, 4) is 0 Å². The summed E-state index contributed by atoms with van der Waals surface area (Å²) in [6.45, 7) is 10.6. The largest absolute Gasteiger partial charge is 0.480 e. The Morgan fingerprint density at radius 1 is 1.53 bits per heavy atom. The van der Waals surface area contributed by atoms with E-state index in [0.29, 0.717) is 13.0 Å². The molecule has 17 heavy (non-hydrogen) atoms. The highest BCUT2D eigenvalue weighted by Gasteiger charge is 2.37. The predicted molar refractivity (Wildman–Crippen MR) is 66.9 cm³/mol. The van der Waals surface area contributed by atoms with Gasteiger partial charge in [0.05, 0.1) is 0 Å². The second-order valence-electron chi connectivity index (χ2n) is 4.48. The zero-order valence-corrected chi connectivity index (χ0v) is 11.0. The number of hydrogen-bond acceptors (Lipinski definition) is 2. The molecule has 0 saturated heterocycles. The van der Waals surface area contributed by atoms with E-state index in [0.717, 1.165) is 0 Å². The van der Waals surface area contributed by atoms with Crippen LogP contribution in [0, 0.1) is 0 Å². The lowest BCUT2D eigenvalue weighted by Gasteiger charge is -2.34. The first kappa shape index (κ1) is 15.5. The van der Waals surface area contributed by atoms with Gasteiger partial charge in [-0.1, -0.05) is 6.08 Å². The normalized spacial score (nSPS) is 12.7. The molecule has 0 aromatic heterocycles. The molecule has 0 rings (SSSR count). The summed E-state index contributed by atoms with van der Waals surface area (Å²) in [4.78, 5) is 24.3. The number of rotatable bonds is 6. The van der Waals surface area contributed by atoms with E-state index in [1.807, 2.05) is 6.92 Å². The van der Waals surface area contributed by atoms with E-state index in [1.165, 1.54) is 18.7 Å². The van der Waals surface area contributed by atoms with Crippen LogP contribution >= 0.6 is 0 Å². The van der Waals surface area contributed by atoms with Gasteiger partial charge in [-0.25, -0.2) is 9.59 Å². The molecule has 0 fully saturated rings. The van der Waals surface area contributed by atoms with Crippen molar-refractivity contribution in [3.63, 3.8) is 0 Å². The molecule has 98 valence electrons. The first-order valence-corrected chi connectivity index (χ1v) is 5.69. The second kappa shape index (κ2) is 6.27. The second-order valence-corrected chi connectivity index (χ2v) is 4.48. The van der Waals surface area contributed by atoms with E-state index in [4.69, 9.17) is 5.11 Å². The topological polar surface area (TPSA) is 69.6 Å². The number of amides is 2. The quantitative estimate of drug-likeness (QED) is 0.698. The first-order chi connectivity index (χ1) is 7.77. The minimum Gasteiger partial charge on any atom is -0.480 e. The number of carboxylic acids is 1. The molecule has 1 unspecified atom stereocenters. The van der Waals surface area contributed by atoms with Gasteiger partial charge < -0.3 is 15.3 Å². The van der Waals surface area contributed by atoms with Gasteiger partial charge >= 0.3 is 12.0 Å². The van der Waals surface area contributed by atoms with Crippen LogP contribution in [0.1, 0.15) is 34.1 Å². The van der Waals surface area contributed by atoms with Crippen molar-refractivity contribution >= 4 is 12.0 Å². The lowest BCUT2D eigenvalue weighted by atomic mass is 10.0. The molecule has 0 bridgehead atoms. The molecule has 0 saturated carbocycles. The fourth-order valence-electron chi connectivity index (χ4n) is 1.51. The van der Waals surface area contributed by atoms with E-state index in [2.05, 4.69) is 11.9 Å². The molecule has 0 heterocycles. The average Bonchev–Trinajstić information content (AvgIpc) is 2.17. The van der Waals surface area contributed by atoms with Crippen LogP contribution in [-0.2, 0) is 4.79 Å². The molecule has 5 nitrogen and oxygen atoms in total. The Balaban J connectivity index is 4.72. The Bertz CT molecular complexity index is 300. The van der Waals surface area contributed by atoms with Gasteiger partial charge in [-0.05, 0) is 34.1 Å². The number of hydrogen-bond donors (Lipinski definition) is 2. The number of likely N-dealkylation sites (N-methyl/N-ethyl adjacent to an activating group) is 1. The minimum absolute atomic E-state index is 0.0568. The highest BCUT2D eigenvalue weighted by atomic mass is 16.4. The van der Waals surface area contributed by atoms with Crippen LogP contribution in [0.5, 0.6) is 0 Å². The Labute approximate surface area is 102 Å². The predicted octanol–water partition coefficient (Wildman–Crippen LogP) is 1.85. The van der Waals surface area contributed by atoms with Gasteiger partial charge in [0.1, 0.15) is 5.54 Å². The summed E-state index contributed by atoms with van der Waals surface area (Å²) in [7, 11) is 0. The van der Waals surface area contributed by atoms with Crippen molar-refractivity contribution in [1.82, 2.24) is 10.2 Å². The van der Waals surface area contributed by atoms with Crippen molar-refractivity contribution in [1.29, 1.82) is 0 Å². The van der Waals surface area contributed by atoms with Gasteiger partial charge in [-0.3, -0.25) is 0 Å². The Kier molecular flexibility index (Phi) is 5.71. The van der Waals surface area contributed by atoms with Crippen molar-refractivity contribution < 1.29 is 14.7 Å². The zero-order chi connectivity index (χ0) is 13.6. The molecular formula is C12H22N2O3. The molecule has 0 aliphatic carbocycles. The summed E-state index contributed by atoms with van der Waals surface area (Å²) in [5.41, 5.74) is -1.22. The lowest BCUT2D eigenvalue weighted by Crippen LogP contribution is -2.57. The van der Waals surface area contributed by atoms with Gasteiger partial charge in [0.2, 0.25) is 0 Å². The maximum atomic E-state index is 11.9. The molecular weight excluding hydrogens is 220 g/mol. The van der Waals surface area contributed by atoms with Gasteiger partial charge in [0.15, 0.2) is 0 Å². The monoisotopic (exact) mass is 242 g/mol. The number of nitrogens with zero attached hydrogens (tertiary/aromatic N) is 1. The van der Waals surface area contributed by atoms with Crippen molar-refractivity contribution in [3.05, 3.63) is 12.7 Å². The van der Waals surface area contributed by atoms with Crippen molar-refractivity contribution in [2.75, 3.05) is 6.54 Å². The third-order valence-corrected chi connectivity index (χ3v) is 2.65. The third-order valence-electron chi connectivity index (χ3n) is 2.65. The average molecular weight is 242 g/mol. The van der Waals surface area contributed by atoms with E-state index < -0.39 is 11.5 Å². The highest BCUT2D eigenvalue weighted by Crippen LogP contribution is 2.14. The number of nitrogens with one attached hydrogen (secondary N) is 1. The summed E-state index contributed by atoms with van der Waals surface area (Å²) < 4.78 is 0. The molecule has 0 aliphatic rings. The molecule has 0 aromatic rings. The van der Waals surface area contributed by atoms with Crippen LogP contribution in [0.4, 0.5) is 4.79 Å². The number of carbonyl (C=O) groups is 2. The molecule has 0 aromatic carbocycles. The maximum Gasteiger partial charge on any atom is 0.329 e. The van der Waals surface area contributed by atoms with E-state index in [9.17, 15) is 9.59 Å². The molecule has 5 heteroatoms. The van der Waals surface area contributed by atoms with Gasteiger partial charge in [0.25, 0.3) is 0 Å². The lowest BCUT2D eigenvalue weighted by molar-refractivity contribution is -0.147. The fraction of sp³-hybridized carbons (Fsp3) is 0.667. The Hall–Kier alpha value is -1.52. The fourth-order valence-corrected chi connectivity index (χ4v) is 1.51. The first-order valence-electron chi connectivity index (χ1n) is 5.69. The SMILES string of the molecule is C=CCC(C)NC(=O)N(CC)C(C)(C)C(=O)O. The summed E-state index contributed by atoms with van der Waals surface area (Å²) in [6, 6.07) is -0.423. The van der Waals surface area contributed by atoms with E-state index in [1.54, 1.807) is 13.0 Å². The Morgan fingerprint density at radius 3 is 2.41 bits per heavy atom. The standard InChI is InChI=1S/C12H22N2O3/c1-6-8-9(3)13-11(17)14(7-2)12(4,5)10(15)16/h6,9H,1,7-8H2,2-5H3,(H,13,17)(H,15,16). The van der Waals surface area contributed by atoms with E-state index >= 15 is 0 Å². The molecule has 1 atom stereocenters. The number of urea groups is 1. The van der Waals surface area contributed by atoms with Crippen LogP contribution in [-0.4, -0.2) is 40.1 Å². The van der Waals surface area contributed by atoms with Crippen LogP contribution in [0.3, 0.4) is 0 Å². The van der Waals surface area contributed by atoms with Crippen molar-refractivity contribution in [2.24, 2.45) is 0 Å². The van der Waals surface area contributed by atoms with Crippen molar-refractivity contribution in [2.45, 2.75) is 45.7 Å². The number of carboxylic acid groups (broad SMARTS) is 1. The highest BCUT2D eigenvalue weighted by molar-refractivity contribution is 5.85. The maximum absolute atomic E-state index is 11.9. The molecule has 0 spiro atoms. The third kappa shape index (κ3) is 4.09. The summed E-state index contributed by atoms with van der Waals surface area (Å²) in [5, 5.41) is 11.8. The van der Waals surface area contributed by atoms with Gasteiger partial charge in [-0.2, -0.15) is 0 Å². The van der Waals surface area contributed by atoms with E-state index in [-0.39, 0.29) is 12.1 Å². The molecule has 2 amide bonds. The molecule has 2 N–H and O–H groups in total. The van der Waals surface area contributed by atoms with Crippen LogP contribution in [0.2, 0.25) is 0 Å². The molecule has 0 aliphatic heterocycles. The number of carbonyl (C=O) groups excluding carboxylic acids is 1. The summed E-state index contributed by atoms with van der Waals surface area (Å²) in [5.74, 6) is -1.02. The van der Waals surface area contributed by atoms with Crippen LogP contribution in [0.15, 0.2) is 12.7 Å². The van der Waals surface area contributed by atoms with Crippen LogP contribution < -0.4 is 5.32 Å². The minimum atomic E-state index is -1.22. The summed E-state index contributed by atoms with van der Waals surface area (Å²) >= 11 is 0.